The molecule has 0 aromatic rings. The molecule has 0 amide bonds. The lowest BCUT2D eigenvalue weighted by atomic mass is 9.49. The fourth-order valence-electron chi connectivity index (χ4n) is 4.04. The lowest BCUT2D eigenvalue weighted by molar-refractivity contribution is -0.0419. The van der Waals surface area contributed by atoms with Gasteiger partial charge in [0.1, 0.15) is 0 Å². The SMILES string of the molecule is C=C1CC2C(CC1C)C(C)(C)CCC2(C)C. The maximum absolute atomic E-state index is 4.30. The Labute approximate surface area is 102 Å². The minimum atomic E-state index is 0.531. The highest BCUT2D eigenvalue weighted by molar-refractivity contribution is 5.12. The van der Waals surface area contributed by atoms with Crippen molar-refractivity contribution in [2.75, 3.05) is 0 Å². The van der Waals surface area contributed by atoms with E-state index in [2.05, 4.69) is 41.2 Å². The number of hydrogen-bond donors (Lipinski definition) is 0. The molecule has 92 valence electrons. The fourth-order valence-corrected chi connectivity index (χ4v) is 4.04. The fraction of sp³-hybridized carbons (Fsp3) is 0.875. The Morgan fingerprint density at radius 3 is 2.06 bits per heavy atom. The largest absolute Gasteiger partial charge is 0.0996 e. The van der Waals surface area contributed by atoms with Crippen molar-refractivity contribution in [2.24, 2.45) is 28.6 Å². The molecule has 0 aromatic carbocycles. The van der Waals surface area contributed by atoms with Gasteiger partial charge in [-0.3, -0.25) is 0 Å². The Kier molecular flexibility index (Phi) is 2.76. The van der Waals surface area contributed by atoms with Gasteiger partial charge >= 0.3 is 0 Å². The first kappa shape index (κ1) is 12.2. The average Bonchev–Trinajstić information content (AvgIpc) is 2.17. The Balaban J connectivity index is 2.29. The first-order valence-electron chi connectivity index (χ1n) is 6.92. The van der Waals surface area contributed by atoms with Gasteiger partial charge in [0, 0.05) is 0 Å². The van der Waals surface area contributed by atoms with Gasteiger partial charge in [-0.1, -0.05) is 46.8 Å². The quantitative estimate of drug-likeness (QED) is 0.501. The van der Waals surface area contributed by atoms with Crippen LogP contribution in [0.2, 0.25) is 0 Å². The summed E-state index contributed by atoms with van der Waals surface area (Å²) in [6.45, 7) is 16.6. The molecule has 0 aromatic heterocycles. The smallest absolute Gasteiger partial charge is 0.0231 e. The summed E-state index contributed by atoms with van der Waals surface area (Å²) in [6.07, 6.45) is 5.45. The van der Waals surface area contributed by atoms with Gasteiger partial charge in [-0.25, -0.2) is 0 Å². The number of fused-ring (bicyclic) bond motifs is 1. The van der Waals surface area contributed by atoms with E-state index in [0.717, 1.165) is 17.8 Å². The van der Waals surface area contributed by atoms with Crippen LogP contribution in [0.3, 0.4) is 0 Å². The number of allylic oxidation sites excluding steroid dienone is 1. The molecule has 0 heteroatoms. The minimum absolute atomic E-state index is 0.531. The molecule has 2 rings (SSSR count). The molecule has 0 spiro atoms. The molecule has 3 unspecified atom stereocenters. The van der Waals surface area contributed by atoms with Crippen molar-refractivity contribution in [1.29, 1.82) is 0 Å². The van der Waals surface area contributed by atoms with E-state index in [-0.39, 0.29) is 0 Å². The van der Waals surface area contributed by atoms with E-state index in [9.17, 15) is 0 Å². The molecule has 0 aliphatic heterocycles. The van der Waals surface area contributed by atoms with E-state index in [1.807, 2.05) is 0 Å². The average molecular weight is 220 g/mol. The summed E-state index contributed by atoms with van der Waals surface area (Å²) in [5.74, 6) is 2.53. The van der Waals surface area contributed by atoms with Gasteiger partial charge < -0.3 is 0 Å². The lowest BCUT2D eigenvalue weighted by Crippen LogP contribution is -2.47. The zero-order valence-electron chi connectivity index (χ0n) is 11.8. The molecule has 2 fully saturated rings. The van der Waals surface area contributed by atoms with Crippen molar-refractivity contribution in [3.8, 4) is 0 Å². The predicted molar refractivity (Wildman–Crippen MR) is 71.3 cm³/mol. The van der Waals surface area contributed by atoms with Crippen LogP contribution < -0.4 is 0 Å². The third kappa shape index (κ3) is 1.85. The molecule has 3 atom stereocenters. The maximum atomic E-state index is 4.30. The van der Waals surface area contributed by atoms with Crippen LogP contribution in [0.15, 0.2) is 12.2 Å². The molecule has 0 bridgehead atoms. The molecular formula is C16H28. The summed E-state index contributed by atoms with van der Waals surface area (Å²) in [5, 5.41) is 0. The van der Waals surface area contributed by atoms with Gasteiger partial charge in [0.15, 0.2) is 0 Å². The first-order valence-corrected chi connectivity index (χ1v) is 6.92. The molecule has 2 aliphatic rings. The molecule has 0 saturated heterocycles. The molecule has 16 heavy (non-hydrogen) atoms. The van der Waals surface area contributed by atoms with Crippen LogP contribution in [0.5, 0.6) is 0 Å². The van der Waals surface area contributed by atoms with Crippen LogP contribution >= 0.6 is 0 Å². The van der Waals surface area contributed by atoms with E-state index in [1.54, 1.807) is 0 Å². The highest BCUT2D eigenvalue weighted by atomic mass is 14.5. The van der Waals surface area contributed by atoms with Crippen molar-refractivity contribution in [3.05, 3.63) is 12.2 Å². The summed E-state index contributed by atoms with van der Waals surface area (Å²) in [5.41, 5.74) is 2.59. The normalized spacial score (nSPS) is 41.6. The standard InChI is InChI=1S/C16H28/c1-11-9-13-14(10-12(11)2)16(5,6)8-7-15(13,3)4/h12-14H,1,7-10H2,2-6H3. The van der Waals surface area contributed by atoms with Gasteiger partial charge in [0.25, 0.3) is 0 Å². The van der Waals surface area contributed by atoms with Crippen LogP contribution in [0.1, 0.15) is 60.3 Å². The van der Waals surface area contributed by atoms with Crippen molar-refractivity contribution >= 4 is 0 Å². The van der Waals surface area contributed by atoms with Gasteiger partial charge in [-0.2, -0.15) is 0 Å². The summed E-state index contributed by atoms with van der Waals surface area (Å²) in [4.78, 5) is 0. The molecule has 2 saturated carbocycles. The summed E-state index contributed by atoms with van der Waals surface area (Å²) < 4.78 is 0. The Morgan fingerprint density at radius 2 is 1.50 bits per heavy atom. The monoisotopic (exact) mass is 220 g/mol. The molecule has 0 N–H and O–H groups in total. The summed E-state index contributed by atoms with van der Waals surface area (Å²) >= 11 is 0. The van der Waals surface area contributed by atoms with Crippen molar-refractivity contribution < 1.29 is 0 Å². The Hall–Kier alpha value is -0.260. The Morgan fingerprint density at radius 1 is 1.00 bits per heavy atom. The van der Waals surface area contributed by atoms with Gasteiger partial charge in [0.2, 0.25) is 0 Å². The zero-order chi connectivity index (χ0) is 12.1. The third-order valence-electron chi connectivity index (χ3n) is 5.69. The second-order valence-electron chi connectivity index (χ2n) is 7.69. The highest BCUT2D eigenvalue weighted by Gasteiger charge is 2.49. The first-order chi connectivity index (χ1) is 7.24. The van der Waals surface area contributed by atoms with Crippen molar-refractivity contribution in [1.82, 2.24) is 0 Å². The molecule has 0 radical (unpaired) electrons. The second kappa shape index (κ2) is 3.62. The summed E-state index contributed by atoms with van der Waals surface area (Å²) in [6, 6.07) is 0. The molecule has 0 nitrogen and oxygen atoms in total. The molecular weight excluding hydrogens is 192 g/mol. The van der Waals surface area contributed by atoms with Crippen molar-refractivity contribution in [3.63, 3.8) is 0 Å². The van der Waals surface area contributed by atoms with Crippen LogP contribution in [0.4, 0.5) is 0 Å². The number of hydrogen-bond acceptors (Lipinski definition) is 0. The van der Waals surface area contributed by atoms with Gasteiger partial charge in [-0.15, -0.1) is 0 Å². The van der Waals surface area contributed by atoms with E-state index in [4.69, 9.17) is 0 Å². The van der Waals surface area contributed by atoms with Crippen molar-refractivity contribution in [2.45, 2.75) is 60.3 Å². The minimum Gasteiger partial charge on any atom is -0.0996 e. The van der Waals surface area contributed by atoms with E-state index < -0.39 is 0 Å². The molecule has 0 heterocycles. The lowest BCUT2D eigenvalue weighted by Gasteiger charge is -2.56. The second-order valence-corrected chi connectivity index (χ2v) is 7.69. The van der Waals surface area contributed by atoms with Crippen LogP contribution in [0, 0.1) is 28.6 Å². The number of rotatable bonds is 0. The summed E-state index contributed by atoms with van der Waals surface area (Å²) in [7, 11) is 0. The van der Waals surface area contributed by atoms with E-state index in [1.165, 1.54) is 31.3 Å². The molecule has 2 aliphatic carbocycles. The predicted octanol–water partition coefficient (Wildman–Crippen LogP) is 5.05. The van der Waals surface area contributed by atoms with Crippen LogP contribution in [0.25, 0.3) is 0 Å². The Bertz CT molecular complexity index is 295. The van der Waals surface area contributed by atoms with Crippen LogP contribution in [-0.2, 0) is 0 Å². The van der Waals surface area contributed by atoms with Gasteiger partial charge in [-0.05, 0) is 54.3 Å². The van der Waals surface area contributed by atoms with Crippen LogP contribution in [-0.4, -0.2) is 0 Å². The van der Waals surface area contributed by atoms with E-state index >= 15 is 0 Å². The zero-order valence-corrected chi connectivity index (χ0v) is 11.8. The van der Waals surface area contributed by atoms with E-state index in [0.29, 0.717) is 10.8 Å². The highest BCUT2D eigenvalue weighted by Crippen LogP contribution is 2.59. The van der Waals surface area contributed by atoms with Gasteiger partial charge in [0.05, 0.1) is 0 Å². The third-order valence-corrected chi connectivity index (χ3v) is 5.69. The topological polar surface area (TPSA) is 0 Å². The maximum Gasteiger partial charge on any atom is -0.0231 e.